The molecule has 0 fully saturated rings. The predicted molar refractivity (Wildman–Crippen MR) is 92.0 cm³/mol. The SMILES string of the molecule is COc1ccc(-c2cc(C(=O)O)nn2-c2cc(C)cc(C)c2)cc1. The molecule has 3 rings (SSSR count). The van der Waals surface area contributed by atoms with E-state index in [4.69, 9.17) is 4.74 Å². The van der Waals surface area contributed by atoms with Crippen LogP contribution in [0.15, 0.2) is 48.5 Å². The lowest BCUT2D eigenvalue weighted by molar-refractivity contribution is 0.0690. The number of carboxylic acids is 1. The number of aromatic nitrogens is 2. The number of methoxy groups -OCH3 is 1. The summed E-state index contributed by atoms with van der Waals surface area (Å²) in [5.74, 6) is -0.303. The Morgan fingerprint density at radius 1 is 1.04 bits per heavy atom. The molecule has 3 aromatic rings. The van der Waals surface area contributed by atoms with Gasteiger partial charge in [-0.3, -0.25) is 0 Å². The normalized spacial score (nSPS) is 10.6. The lowest BCUT2D eigenvalue weighted by Crippen LogP contribution is -2.03. The minimum atomic E-state index is -1.05. The van der Waals surface area contributed by atoms with Gasteiger partial charge in [0.05, 0.1) is 18.5 Å². The number of hydrogen-bond acceptors (Lipinski definition) is 3. The first-order valence-corrected chi connectivity index (χ1v) is 7.54. The van der Waals surface area contributed by atoms with Gasteiger partial charge in [0.25, 0.3) is 0 Å². The first-order chi connectivity index (χ1) is 11.5. The number of aryl methyl sites for hydroxylation is 2. The Balaban J connectivity index is 2.18. The number of ether oxygens (including phenoxy) is 1. The molecular formula is C19H18N2O3. The van der Waals surface area contributed by atoms with Crippen LogP contribution in [0.2, 0.25) is 0 Å². The van der Waals surface area contributed by atoms with Gasteiger partial charge in [0.2, 0.25) is 0 Å². The molecule has 5 nitrogen and oxygen atoms in total. The zero-order valence-corrected chi connectivity index (χ0v) is 13.8. The van der Waals surface area contributed by atoms with Crippen molar-refractivity contribution in [2.75, 3.05) is 7.11 Å². The van der Waals surface area contributed by atoms with Crippen LogP contribution in [0, 0.1) is 13.8 Å². The maximum absolute atomic E-state index is 11.4. The van der Waals surface area contributed by atoms with E-state index in [0.29, 0.717) is 0 Å². The van der Waals surface area contributed by atoms with Crippen LogP contribution in [0.5, 0.6) is 5.75 Å². The van der Waals surface area contributed by atoms with E-state index in [9.17, 15) is 9.90 Å². The predicted octanol–water partition coefficient (Wildman–Crippen LogP) is 3.86. The van der Waals surface area contributed by atoms with Gasteiger partial charge in [0.15, 0.2) is 5.69 Å². The highest BCUT2D eigenvalue weighted by Crippen LogP contribution is 2.27. The molecule has 1 aromatic heterocycles. The Morgan fingerprint density at radius 2 is 1.67 bits per heavy atom. The van der Waals surface area contributed by atoms with Crippen molar-refractivity contribution in [3.8, 4) is 22.7 Å². The number of carbonyl (C=O) groups is 1. The summed E-state index contributed by atoms with van der Waals surface area (Å²) >= 11 is 0. The summed E-state index contributed by atoms with van der Waals surface area (Å²) in [6.45, 7) is 4.01. The Labute approximate surface area is 140 Å². The van der Waals surface area contributed by atoms with Crippen molar-refractivity contribution in [3.63, 3.8) is 0 Å². The third-order valence-corrected chi connectivity index (χ3v) is 3.77. The molecule has 0 radical (unpaired) electrons. The molecule has 1 heterocycles. The van der Waals surface area contributed by atoms with Gasteiger partial charge in [-0.05, 0) is 67.4 Å². The minimum absolute atomic E-state index is 0.0139. The van der Waals surface area contributed by atoms with Gasteiger partial charge in [0, 0.05) is 5.56 Å². The average molecular weight is 322 g/mol. The second kappa shape index (κ2) is 6.20. The maximum atomic E-state index is 11.4. The van der Waals surface area contributed by atoms with Crippen molar-refractivity contribution in [3.05, 3.63) is 65.4 Å². The van der Waals surface area contributed by atoms with Gasteiger partial charge in [-0.15, -0.1) is 0 Å². The van der Waals surface area contributed by atoms with E-state index >= 15 is 0 Å². The molecule has 0 spiro atoms. The maximum Gasteiger partial charge on any atom is 0.356 e. The third-order valence-electron chi connectivity index (χ3n) is 3.77. The smallest absolute Gasteiger partial charge is 0.356 e. The van der Waals surface area contributed by atoms with E-state index in [1.165, 1.54) is 0 Å². The molecule has 0 amide bonds. The number of benzene rings is 2. The van der Waals surface area contributed by atoms with Crippen LogP contribution in [0.25, 0.3) is 16.9 Å². The molecule has 0 saturated heterocycles. The summed E-state index contributed by atoms with van der Waals surface area (Å²) in [6, 6.07) is 15.1. The molecule has 24 heavy (non-hydrogen) atoms. The highest BCUT2D eigenvalue weighted by Gasteiger charge is 2.16. The Kier molecular flexibility index (Phi) is 4.08. The summed E-state index contributed by atoms with van der Waals surface area (Å²) in [6.07, 6.45) is 0. The summed E-state index contributed by atoms with van der Waals surface area (Å²) in [5, 5.41) is 13.6. The van der Waals surface area contributed by atoms with E-state index in [-0.39, 0.29) is 5.69 Å². The van der Waals surface area contributed by atoms with Crippen molar-refractivity contribution < 1.29 is 14.6 Å². The summed E-state index contributed by atoms with van der Waals surface area (Å²) < 4.78 is 6.85. The number of rotatable bonds is 4. The third kappa shape index (κ3) is 3.01. The first kappa shape index (κ1) is 15.8. The highest BCUT2D eigenvalue weighted by molar-refractivity contribution is 5.87. The second-order valence-corrected chi connectivity index (χ2v) is 5.71. The van der Waals surface area contributed by atoms with Crippen LogP contribution >= 0.6 is 0 Å². The zero-order valence-electron chi connectivity index (χ0n) is 13.8. The Morgan fingerprint density at radius 3 is 2.21 bits per heavy atom. The van der Waals surface area contributed by atoms with Crippen LogP contribution in [0.1, 0.15) is 21.6 Å². The van der Waals surface area contributed by atoms with Crippen molar-refractivity contribution in [2.24, 2.45) is 0 Å². The van der Waals surface area contributed by atoms with Crippen molar-refractivity contribution in [2.45, 2.75) is 13.8 Å². The van der Waals surface area contributed by atoms with Gasteiger partial charge in [-0.2, -0.15) is 5.10 Å². The van der Waals surface area contributed by atoms with Crippen LogP contribution < -0.4 is 4.74 Å². The average Bonchev–Trinajstić information content (AvgIpc) is 2.99. The topological polar surface area (TPSA) is 64.3 Å². The minimum Gasteiger partial charge on any atom is -0.497 e. The molecular weight excluding hydrogens is 304 g/mol. The molecule has 0 atom stereocenters. The van der Waals surface area contributed by atoms with E-state index in [2.05, 4.69) is 11.2 Å². The molecule has 0 aliphatic carbocycles. The molecule has 122 valence electrons. The van der Waals surface area contributed by atoms with Crippen molar-refractivity contribution in [1.29, 1.82) is 0 Å². The van der Waals surface area contributed by atoms with E-state index in [0.717, 1.165) is 33.8 Å². The van der Waals surface area contributed by atoms with Crippen molar-refractivity contribution >= 4 is 5.97 Å². The van der Waals surface area contributed by atoms with Gasteiger partial charge < -0.3 is 9.84 Å². The molecule has 0 aliphatic rings. The molecule has 0 unspecified atom stereocenters. The molecule has 2 aromatic carbocycles. The van der Waals surface area contributed by atoms with Crippen LogP contribution in [0.3, 0.4) is 0 Å². The number of hydrogen-bond donors (Lipinski definition) is 1. The molecule has 5 heteroatoms. The van der Waals surface area contributed by atoms with Gasteiger partial charge in [-0.25, -0.2) is 9.48 Å². The fourth-order valence-corrected chi connectivity index (χ4v) is 2.72. The van der Waals surface area contributed by atoms with Crippen LogP contribution in [0.4, 0.5) is 0 Å². The van der Waals surface area contributed by atoms with E-state index < -0.39 is 5.97 Å². The van der Waals surface area contributed by atoms with Gasteiger partial charge in [0.1, 0.15) is 5.75 Å². The monoisotopic (exact) mass is 322 g/mol. The van der Waals surface area contributed by atoms with Crippen molar-refractivity contribution in [1.82, 2.24) is 9.78 Å². The molecule has 0 bridgehead atoms. The van der Waals surface area contributed by atoms with E-state index in [1.807, 2.05) is 50.2 Å². The second-order valence-electron chi connectivity index (χ2n) is 5.71. The fraction of sp³-hybridized carbons (Fsp3) is 0.158. The number of aromatic carboxylic acids is 1. The Bertz CT molecular complexity index is 875. The molecule has 1 N–H and O–H groups in total. The summed E-state index contributed by atoms with van der Waals surface area (Å²) in [4.78, 5) is 11.4. The van der Waals surface area contributed by atoms with Crippen LogP contribution in [-0.4, -0.2) is 28.0 Å². The summed E-state index contributed by atoms with van der Waals surface area (Å²) in [5.41, 5.74) is 4.64. The van der Waals surface area contributed by atoms with Gasteiger partial charge >= 0.3 is 5.97 Å². The first-order valence-electron chi connectivity index (χ1n) is 7.54. The standard InChI is InChI=1S/C19H18N2O3/c1-12-8-13(2)10-15(9-12)21-18(11-17(20-21)19(22)23)14-4-6-16(24-3)7-5-14/h4-11H,1-3H3,(H,22,23). The fourth-order valence-electron chi connectivity index (χ4n) is 2.72. The summed E-state index contributed by atoms with van der Waals surface area (Å²) in [7, 11) is 1.61. The molecule has 0 saturated carbocycles. The largest absolute Gasteiger partial charge is 0.497 e. The van der Waals surface area contributed by atoms with E-state index in [1.54, 1.807) is 17.9 Å². The number of carboxylic acid groups (broad SMARTS) is 1. The lowest BCUT2D eigenvalue weighted by atomic mass is 10.1. The highest BCUT2D eigenvalue weighted by atomic mass is 16.5. The zero-order chi connectivity index (χ0) is 17.3. The lowest BCUT2D eigenvalue weighted by Gasteiger charge is -2.10. The Hall–Kier alpha value is -3.08. The quantitative estimate of drug-likeness (QED) is 0.792. The van der Waals surface area contributed by atoms with Crippen LogP contribution in [-0.2, 0) is 0 Å². The molecule has 0 aliphatic heterocycles. The number of nitrogens with zero attached hydrogens (tertiary/aromatic N) is 2. The van der Waals surface area contributed by atoms with Gasteiger partial charge in [-0.1, -0.05) is 6.07 Å².